The molecule has 0 fully saturated rings. The van der Waals surface area contributed by atoms with Crippen molar-refractivity contribution >= 4 is 28.5 Å². The molecule has 0 atom stereocenters. The first kappa shape index (κ1) is 10.5. The Bertz CT molecular complexity index is 313. The highest BCUT2D eigenvalue weighted by Gasteiger charge is 2.06. The van der Waals surface area contributed by atoms with Gasteiger partial charge in [-0.3, -0.25) is 14.9 Å². The van der Waals surface area contributed by atoms with Gasteiger partial charge in [-0.2, -0.15) is 0 Å². The van der Waals surface area contributed by atoms with Crippen LogP contribution < -0.4 is 5.32 Å². The number of amides is 1. The van der Waals surface area contributed by atoms with Gasteiger partial charge in [0.15, 0.2) is 0 Å². The molecule has 1 rings (SSSR count). The first-order valence-corrected chi connectivity index (χ1v) is 4.62. The molecule has 0 saturated carbocycles. The molecule has 0 spiro atoms. The van der Waals surface area contributed by atoms with Crippen LogP contribution in [0, 0.1) is 0 Å². The van der Waals surface area contributed by atoms with E-state index in [1.54, 1.807) is 0 Å². The number of aliphatic carboxylic acids is 1. The number of rotatable bonds is 5. The Morgan fingerprint density at radius 2 is 2.21 bits per heavy atom. The maximum absolute atomic E-state index is 11.1. The molecule has 0 aliphatic heterocycles. The van der Waals surface area contributed by atoms with E-state index < -0.39 is 5.97 Å². The molecular weight excluding hydrogens is 208 g/mol. The van der Waals surface area contributed by atoms with E-state index in [0.717, 1.165) is 11.5 Å². The number of carboxylic acid groups (broad SMARTS) is 1. The van der Waals surface area contributed by atoms with Crippen molar-refractivity contribution in [3.63, 3.8) is 0 Å². The Labute approximate surface area is 83.3 Å². The molecule has 0 radical (unpaired) electrons. The predicted molar refractivity (Wildman–Crippen MR) is 47.8 cm³/mol. The van der Waals surface area contributed by atoms with Gasteiger partial charge in [0.2, 0.25) is 11.0 Å². The lowest BCUT2D eigenvalue weighted by Gasteiger charge is -1.97. The van der Waals surface area contributed by atoms with Gasteiger partial charge in [0.1, 0.15) is 0 Å². The normalized spacial score (nSPS) is 9.71. The van der Waals surface area contributed by atoms with Gasteiger partial charge >= 0.3 is 5.97 Å². The van der Waals surface area contributed by atoms with Gasteiger partial charge in [-0.25, -0.2) is 0 Å². The average molecular weight is 216 g/mol. The molecule has 0 aromatic carbocycles. The molecule has 0 aliphatic rings. The van der Waals surface area contributed by atoms with Crippen LogP contribution >= 0.6 is 11.5 Å². The van der Waals surface area contributed by atoms with Gasteiger partial charge < -0.3 is 5.11 Å². The monoisotopic (exact) mass is 216 g/mol. The summed E-state index contributed by atoms with van der Waals surface area (Å²) in [4.78, 5) is 21.2. The van der Waals surface area contributed by atoms with Crippen molar-refractivity contribution < 1.29 is 14.7 Å². The zero-order valence-electron chi connectivity index (χ0n) is 7.13. The van der Waals surface area contributed by atoms with Crippen LogP contribution in [0.3, 0.4) is 0 Å². The smallest absolute Gasteiger partial charge is 0.303 e. The molecule has 0 aliphatic carbocycles. The van der Waals surface area contributed by atoms with Gasteiger partial charge in [-0.05, 0) is 11.6 Å². The van der Waals surface area contributed by atoms with Crippen molar-refractivity contribution in [1.29, 1.82) is 0 Å². The fourth-order valence-corrected chi connectivity index (χ4v) is 1.15. The number of anilines is 1. The van der Waals surface area contributed by atoms with Crippen molar-refractivity contribution in [3.8, 4) is 0 Å². The molecule has 1 heterocycles. The van der Waals surface area contributed by atoms with Crippen LogP contribution in [0.4, 0.5) is 5.13 Å². The van der Waals surface area contributed by atoms with Gasteiger partial charge in [0.25, 0.3) is 0 Å². The van der Waals surface area contributed by atoms with E-state index in [4.69, 9.17) is 5.11 Å². The van der Waals surface area contributed by atoms with E-state index in [1.807, 2.05) is 0 Å². The van der Waals surface area contributed by atoms with E-state index in [1.165, 1.54) is 0 Å². The van der Waals surface area contributed by atoms with Gasteiger partial charge in [-0.1, -0.05) is 9.59 Å². The Kier molecular flexibility index (Phi) is 3.92. The first-order valence-electron chi connectivity index (χ1n) is 3.85. The third-order valence-corrected chi connectivity index (χ3v) is 1.85. The number of hydrogen-bond acceptors (Lipinski definition) is 6. The zero-order valence-corrected chi connectivity index (χ0v) is 7.95. The fourth-order valence-electron chi connectivity index (χ4n) is 0.764. The number of nitrogens with one attached hydrogen (secondary N) is 1. The van der Waals surface area contributed by atoms with Crippen LogP contribution in [0.15, 0.2) is 0 Å². The van der Waals surface area contributed by atoms with Crippen LogP contribution in [0.25, 0.3) is 0 Å². The van der Waals surface area contributed by atoms with Crippen LogP contribution in [-0.4, -0.2) is 31.8 Å². The molecule has 8 heteroatoms. The Morgan fingerprint density at radius 3 is 2.79 bits per heavy atom. The van der Waals surface area contributed by atoms with E-state index in [2.05, 4.69) is 20.1 Å². The van der Waals surface area contributed by atoms with Crippen LogP contribution in [0.5, 0.6) is 0 Å². The fraction of sp³-hybridized carbons (Fsp3) is 0.500. The average Bonchev–Trinajstić information content (AvgIpc) is 2.56. The highest BCUT2D eigenvalue weighted by molar-refractivity contribution is 7.09. The minimum atomic E-state index is -0.907. The summed E-state index contributed by atoms with van der Waals surface area (Å²) in [6.07, 6.45) is 0.459. The Balaban J connectivity index is 2.20. The maximum atomic E-state index is 11.1. The summed E-state index contributed by atoms with van der Waals surface area (Å²) in [6.45, 7) is 0. The summed E-state index contributed by atoms with van der Waals surface area (Å²) in [7, 11) is 0. The Hall–Kier alpha value is -1.57. The van der Waals surface area contributed by atoms with Crippen LogP contribution in [0.1, 0.15) is 19.3 Å². The second kappa shape index (κ2) is 5.22. The standard InChI is InChI=1S/C6H8N4O3S/c11-4(2-1-3-5(12)13)7-6-8-9-10-14-6/h1-3H2,(H,12,13)(H,7,8,10,11). The minimum absolute atomic E-state index is 0.0121. The van der Waals surface area contributed by atoms with E-state index in [9.17, 15) is 9.59 Å². The summed E-state index contributed by atoms with van der Waals surface area (Å²) >= 11 is 0.971. The molecule has 7 nitrogen and oxygen atoms in total. The summed E-state index contributed by atoms with van der Waals surface area (Å²) in [5.41, 5.74) is 0. The zero-order chi connectivity index (χ0) is 10.4. The van der Waals surface area contributed by atoms with Crippen molar-refractivity contribution in [2.45, 2.75) is 19.3 Å². The van der Waals surface area contributed by atoms with E-state index >= 15 is 0 Å². The van der Waals surface area contributed by atoms with Crippen LogP contribution in [-0.2, 0) is 9.59 Å². The second-order valence-electron chi connectivity index (χ2n) is 2.46. The third-order valence-electron chi connectivity index (χ3n) is 1.34. The first-order chi connectivity index (χ1) is 6.68. The molecular formula is C6H8N4O3S. The summed E-state index contributed by atoms with van der Waals surface area (Å²) in [6, 6.07) is 0. The number of hydrogen-bond donors (Lipinski definition) is 2. The van der Waals surface area contributed by atoms with Crippen molar-refractivity contribution in [2.75, 3.05) is 5.32 Å². The van der Waals surface area contributed by atoms with Gasteiger partial charge in [0, 0.05) is 24.4 Å². The quantitative estimate of drug-likeness (QED) is 0.724. The number of aromatic nitrogens is 3. The molecule has 76 valence electrons. The largest absolute Gasteiger partial charge is 0.481 e. The lowest BCUT2D eigenvalue weighted by molar-refractivity contribution is -0.137. The van der Waals surface area contributed by atoms with Crippen molar-refractivity contribution in [3.05, 3.63) is 0 Å². The van der Waals surface area contributed by atoms with E-state index in [-0.39, 0.29) is 18.7 Å². The number of carbonyl (C=O) groups excluding carboxylic acids is 1. The highest BCUT2D eigenvalue weighted by Crippen LogP contribution is 2.06. The predicted octanol–water partition coefficient (Wildman–Crippen LogP) is 0.126. The van der Waals surface area contributed by atoms with Crippen molar-refractivity contribution in [1.82, 2.24) is 14.8 Å². The minimum Gasteiger partial charge on any atom is -0.481 e. The molecule has 1 aromatic heterocycles. The molecule has 1 aromatic rings. The number of nitrogens with zero attached hydrogens (tertiary/aromatic N) is 3. The topological polar surface area (TPSA) is 105 Å². The lowest BCUT2D eigenvalue weighted by Crippen LogP contribution is -2.11. The van der Waals surface area contributed by atoms with Crippen molar-refractivity contribution in [2.24, 2.45) is 0 Å². The molecule has 0 bridgehead atoms. The SMILES string of the molecule is O=C(O)CCCC(=O)Nc1nnns1. The van der Waals surface area contributed by atoms with E-state index in [0.29, 0.717) is 11.6 Å². The molecule has 1 amide bonds. The molecule has 14 heavy (non-hydrogen) atoms. The summed E-state index contributed by atoms with van der Waals surface area (Å²) < 4.78 is 3.46. The summed E-state index contributed by atoms with van der Waals surface area (Å²) in [5, 5.41) is 17.9. The molecule has 0 saturated heterocycles. The molecule has 0 unspecified atom stereocenters. The van der Waals surface area contributed by atoms with Gasteiger partial charge in [-0.15, -0.1) is 0 Å². The maximum Gasteiger partial charge on any atom is 0.303 e. The summed E-state index contributed by atoms with van der Waals surface area (Å²) in [5.74, 6) is -1.18. The Morgan fingerprint density at radius 1 is 1.43 bits per heavy atom. The number of carbonyl (C=O) groups is 2. The third kappa shape index (κ3) is 3.90. The van der Waals surface area contributed by atoms with Gasteiger partial charge in [0.05, 0.1) is 0 Å². The second-order valence-corrected chi connectivity index (χ2v) is 3.20. The lowest BCUT2D eigenvalue weighted by atomic mass is 10.2. The highest BCUT2D eigenvalue weighted by atomic mass is 32.1. The number of carboxylic acids is 1. The molecule has 2 N–H and O–H groups in total. The van der Waals surface area contributed by atoms with Crippen LogP contribution in [0.2, 0.25) is 0 Å².